The van der Waals surface area contributed by atoms with E-state index in [2.05, 4.69) is 4.98 Å². The van der Waals surface area contributed by atoms with Gasteiger partial charge in [-0.2, -0.15) is 0 Å². The molecule has 9 nitrogen and oxygen atoms in total. The SMILES string of the molecule is Cc1cc(=O)[nH]c(=O)n1[C@@H]1O[C@](F)(CI)[C@@H](OC(=O)c2ccccc2)[C@@]1(C)OC(=O)c1ccccc1. The molecule has 0 unspecified atom stereocenters. The van der Waals surface area contributed by atoms with Gasteiger partial charge in [0.25, 0.3) is 11.4 Å². The van der Waals surface area contributed by atoms with Gasteiger partial charge in [-0.05, 0) is 38.1 Å². The number of carbonyl (C=O) groups excluding carboxylic acids is 2. The number of hydrogen-bond acceptors (Lipinski definition) is 7. The highest BCUT2D eigenvalue weighted by atomic mass is 127. The molecule has 2 aromatic carbocycles. The summed E-state index contributed by atoms with van der Waals surface area (Å²) in [5, 5.41) is 0. The molecule has 0 aliphatic carbocycles. The minimum Gasteiger partial charge on any atom is -0.448 e. The van der Waals surface area contributed by atoms with Gasteiger partial charge in [-0.1, -0.05) is 59.0 Å². The zero-order chi connectivity index (χ0) is 26.1. The molecule has 188 valence electrons. The van der Waals surface area contributed by atoms with Crippen molar-refractivity contribution in [3.63, 3.8) is 0 Å². The number of aromatic amines is 1. The Morgan fingerprint density at radius 2 is 1.61 bits per heavy atom. The molecule has 0 bridgehead atoms. The molecular formula is C25H22FIN2O7. The number of aryl methyl sites for hydroxylation is 1. The van der Waals surface area contributed by atoms with Crippen molar-refractivity contribution in [2.45, 2.75) is 37.6 Å². The summed E-state index contributed by atoms with van der Waals surface area (Å²) in [7, 11) is 0. The number of hydrogen-bond donors (Lipinski definition) is 1. The number of ether oxygens (including phenoxy) is 3. The Bertz CT molecular complexity index is 1390. The maximum Gasteiger partial charge on any atom is 0.338 e. The average molecular weight is 608 g/mol. The van der Waals surface area contributed by atoms with Crippen LogP contribution >= 0.6 is 22.6 Å². The lowest BCUT2D eigenvalue weighted by molar-refractivity contribution is -0.170. The van der Waals surface area contributed by atoms with Gasteiger partial charge < -0.3 is 14.2 Å². The van der Waals surface area contributed by atoms with E-state index in [9.17, 15) is 19.2 Å². The number of alkyl halides is 2. The Morgan fingerprint density at radius 3 is 2.14 bits per heavy atom. The number of carbonyl (C=O) groups is 2. The van der Waals surface area contributed by atoms with Gasteiger partial charge in [-0.3, -0.25) is 14.3 Å². The number of benzene rings is 2. The van der Waals surface area contributed by atoms with Crippen molar-refractivity contribution in [3.8, 4) is 0 Å². The fourth-order valence-corrected chi connectivity index (χ4v) is 4.72. The number of esters is 2. The monoisotopic (exact) mass is 608 g/mol. The first-order valence-corrected chi connectivity index (χ1v) is 12.4. The Morgan fingerprint density at radius 1 is 1.06 bits per heavy atom. The van der Waals surface area contributed by atoms with Gasteiger partial charge in [0.1, 0.15) is 0 Å². The molecule has 0 amide bonds. The number of aromatic nitrogens is 2. The van der Waals surface area contributed by atoms with E-state index >= 15 is 4.39 Å². The van der Waals surface area contributed by atoms with E-state index in [0.717, 1.165) is 10.6 Å². The standard InChI is InChI=1S/C25H22FIN2O7/c1-15-13-18(30)28-23(33)29(15)22-24(2,35-20(32)17-11-7-4-8-12-17)21(25(26,14-27)36-22)34-19(31)16-9-5-3-6-10-16/h3-13,21-22H,14H2,1-2H3,(H,28,30,33)/t21-,22+,24+,25+/m0/s1. The molecule has 0 saturated carbocycles. The second-order valence-corrected chi connectivity index (χ2v) is 9.19. The normalized spacial score (nSPS) is 25.3. The first-order chi connectivity index (χ1) is 17.1. The van der Waals surface area contributed by atoms with Crippen LogP contribution in [0.25, 0.3) is 0 Å². The third kappa shape index (κ3) is 4.72. The molecule has 0 spiro atoms. The summed E-state index contributed by atoms with van der Waals surface area (Å²) < 4.78 is 34.1. The third-order valence-corrected chi connectivity index (χ3v) is 6.89. The second-order valence-electron chi connectivity index (χ2n) is 8.43. The molecular weight excluding hydrogens is 586 g/mol. The van der Waals surface area contributed by atoms with E-state index in [1.165, 1.54) is 38.1 Å². The lowest BCUT2D eigenvalue weighted by Gasteiger charge is -2.35. The first-order valence-electron chi connectivity index (χ1n) is 10.9. The van der Waals surface area contributed by atoms with Gasteiger partial charge in [-0.15, -0.1) is 0 Å². The van der Waals surface area contributed by atoms with E-state index < -0.39 is 47.0 Å². The van der Waals surface area contributed by atoms with Gasteiger partial charge >= 0.3 is 17.6 Å². The molecule has 11 heteroatoms. The van der Waals surface area contributed by atoms with Crippen molar-refractivity contribution < 1.29 is 28.2 Å². The van der Waals surface area contributed by atoms with Gasteiger partial charge in [-0.25, -0.2) is 18.8 Å². The van der Waals surface area contributed by atoms with Gasteiger partial charge in [0.2, 0.25) is 6.10 Å². The molecule has 36 heavy (non-hydrogen) atoms. The summed E-state index contributed by atoms with van der Waals surface area (Å²) in [5.74, 6) is -4.37. The molecule has 2 heterocycles. The zero-order valence-corrected chi connectivity index (χ0v) is 21.4. The van der Waals surface area contributed by atoms with Gasteiger partial charge in [0.15, 0.2) is 11.8 Å². The van der Waals surface area contributed by atoms with Crippen LogP contribution in [0, 0.1) is 6.92 Å². The molecule has 3 aromatic rings. The maximum atomic E-state index is 16.3. The minimum atomic E-state index is -2.65. The zero-order valence-electron chi connectivity index (χ0n) is 19.3. The summed E-state index contributed by atoms with van der Waals surface area (Å²) in [6, 6.07) is 17.0. The fraction of sp³-hybridized carbons (Fsp3) is 0.280. The second kappa shape index (κ2) is 9.97. The first kappa shape index (κ1) is 25.8. The van der Waals surface area contributed by atoms with Crippen molar-refractivity contribution in [2.24, 2.45) is 0 Å². The van der Waals surface area contributed by atoms with E-state index in [1.54, 1.807) is 59.0 Å². The van der Waals surface area contributed by atoms with Crippen LogP contribution in [0.3, 0.4) is 0 Å². The highest BCUT2D eigenvalue weighted by Gasteiger charge is 2.68. The number of halogens is 2. The molecule has 4 rings (SSSR count). The van der Waals surface area contributed by atoms with E-state index in [-0.39, 0.29) is 21.2 Å². The van der Waals surface area contributed by atoms with Crippen molar-refractivity contribution in [1.29, 1.82) is 0 Å². The Kier molecular flexibility index (Phi) is 7.14. The van der Waals surface area contributed by atoms with Gasteiger partial charge in [0.05, 0.1) is 15.6 Å². The highest BCUT2D eigenvalue weighted by molar-refractivity contribution is 14.1. The van der Waals surface area contributed by atoms with Crippen molar-refractivity contribution >= 4 is 34.5 Å². The molecule has 0 radical (unpaired) electrons. The molecule has 1 saturated heterocycles. The largest absolute Gasteiger partial charge is 0.448 e. The lowest BCUT2D eigenvalue weighted by atomic mass is 9.94. The Balaban J connectivity index is 1.85. The highest BCUT2D eigenvalue weighted by Crippen LogP contribution is 2.50. The van der Waals surface area contributed by atoms with E-state index in [0.29, 0.717) is 0 Å². The van der Waals surface area contributed by atoms with Crippen LogP contribution in [-0.4, -0.2) is 43.5 Å². The van der Waals surface area contributed by atoms with Crippen molar-refractivity contribution in [2.75, 3.05) is 4.43 Å². The number of nitrogens with one attached hydrogen (secondary N) is 1. The summed E-state index contributed by atoms with van der Waals surface area (Å²) in [5.41, 5.74) is -3.17. The molecule has 1 fully saturated rings. The van der Waals surface area contributed by atoms with Crippen molar-refractivity contribution in [3.05, 3.63) is 104 Å². The molecule has 1 aromatic heterocycles. The maximum absolute atomic E-state index is 16.3. The molecule has 1 N–H and O–H groups in total. The number of rotatable bonds is 6. The van der Waals surface area contributed by atoms with Crippen LogP contribution < -0.4 is 11.2 Å². The summed E-state index contributed by atoms with van der Waals surface area (Å²) >= 11 is 1.72. The summed E-state index contributed by atoms with van der Waals surface area (Å²) in [6.07, 6.45) is -3.35. The van der Waals surface area contributed by atoms with Crippen LogP contribution in [0.1, 0.15) is 39.6 Å². The number of nitrogens with zero attached hydrogens (tertiary/aromatic N) is 1. The van der Waals surface area contributed by atoms with E-state index in [4.69, 9.17) is 14.2 Å². The van der Waals surface area contributed by atoms with Crippen LogP contribution in [0.5, 0.6) is 0 Å². The molecule has 4 atom stereocenters. The summed E-state index contributed by atoms with van der Waals surface area (Å²) in [4.78, 5) is 52.8. The van der Waals surface area contributed by atoms with E-state index in [1.807, 2.05) is 0 Å². The van der Waals surface area contributed by atoms with Crippen LogP contribution in [0.2, 0.25) is 0 Å². The molecule has 1 aliphatic heterocycles. The number of H-pyrrole nitrogens is 1. The lowest BCUT2D eigenvalue weighted by Crippen LogP contribution is -2.54. The van der Waals surface area contributed by atoms with Crippen LogP contribution in [-0.2, 0) is 14.2 Å². The molecule has 1 aliphatic rings. The average Bonchev–Trinajstić information content (AvgIpc) is 3.06. The smallest absolute Gasteiger partial charge is 0.338 e. The van der Waals surface area contributed by atoms with Crippen LogP contribution in [0.4, 0.5) is 4.39 Å². The Hall–Kier alpha value is -3.32. The predicted octanol–water partition coefficient (Wildman–Crippen LogP) is 3.32. The Labute approximate surface area is 218 Å². The summed E-state index contributed by atoms with van der Waals surface area (Å²) in [6.45, 7) is 2.78. The minimum absolute atomic E-state index is 0.126. The van der Waals surface area contributed by atoms with Crippen LogP contribution in [0.15, 0.2) is 76.3 Å². The topological polar surface area (TPSA) is 117 Å². The van der Waals surface area contributed by atoms with Gasteiger partial charge in [0, 0.05) is 11.8 Å². The predicted molar refractivity (Wildman–Crippen MR) is 135 cm³/mol. The quantitative estimate of drug-likeness (QED) is 0.259. The fourth-order valence-electron chi connectivity index (χ4n) is 4.14. The van der Waals surface area contributed by atoms with Crippen molar-refractivity contribution in [1.82, 2.24) is 9.55 Å². The third-order valence-electron chi connectivity index (χ3n) is 5.85.